The summed E-state index contributed by atoms with van der Waals surface area (Å²) < 4.78 is 5.22. The lowest BCUT2D eigenvalue weighted by Gasteiger charge is -2.04. The minimum absolute atomic E-state index is 0.693. The van der Waals surface area contributed by atoms with Crippen molar-refractivity contribution in [3.05, 3.63) is 41.6 Å². The summed E-state index contributed by atoms with van der Waals surface area (Å²) in [6.45, 7) is 6.39. The van der Waals surface area contributed by atoms with Gasteiger partial charge < -0.3 is 4.52 Å². The Hall–Kier alpha value is -1.57. The standard InChI is InChI=1S/C14H17NO/c1-10(2)8-12-4-6-13(7-5-12)14-9-11(3)15-16-14/h4-7,9-10H,8H2,1-3H3. The molecule has 0 fully saturated rings. The van der Waals surface area contributed by atoms with Gasteiger partial charge in [-0.3, -0.25) is 0 Å². The Morgan fingerprint density at radius 3 is 2.38 bits per heavy atom. The monoisotopic (exact) mass is 215 g/mol. The summed E-state index contributed by atoms with van der Waals surface area (Å²) in [4.78, 5) is 0. The third kappa shape index (κ3) is 2.51. The van der Waals surface area contributed by atoms with E-state index < -0.39 is 0 Å². The van der Waals surface area contributed by atoms with Gasteiger partial charge in [0, 0.05) is 11.6 Å². The van der Waals surface area contributed by atoms with Crippen LogP contribution in [0.1, 0.15) is 25.1 Å². The lowest BCUT2D eigenvalue weighted by Crippen LogP contribution is -1.93. The molecule has 0 aliphatic heterocycles. The molecule has 0 N–H and O–H groups in total. The number of benzene rings is 1. The molecule has 0 saturated heterocycles. The van der Waals surface area contributed by atoms with Gasteiger partial charge in [0.25, 0.3) is 0 Å². The smallest absolute Gasteiger partial charge is 0.167 e. The van der Waals surface area contributed by atoms with Crippen LogP contribution in [0.5, 0.6) is 0 Å². The van der Waals surface area contributed by atoms with E-state index in [0.717, 1.165) is 23.4 Å². The maximum absolute atomic E-state index is 5.22. The number of hydrogen-bond donors (Lipinski definition) is 0. The lowest BCUT2D eigenvalue weighted by molar-refractivity contribution is 0.427. The zero-order chi connectivity index (χ0) is 11.5. The molecule has 2 nitrogen and oxygen atoms in total. The van der Waals surface area contributed by atoms with Crippen LogP contribution in [0.4, 0.5) is 0 Å². The maximum atomic E-state index is 5.22. The average Bonchev–Trinajstić information content (AvgIpc) is 2.65. The van der Waals surface area contributed by atoms with Crippen LogP contribution < -0.4 is 0 Å². The molecule has 0 saturated carbocycles. The van der Waals surface area contributed by atoms with Gasteiger partial charge in [-0.15, -0.1) is 0 Å². The quantitative estimate of drug-likeness (QED) is 0.777. The molecule has 1 aromatic heterocycles. The largest absolute Gasteiger partial charge is 0.356 e. The summed E-state index contributed by atoms with van der Waals surface area (Å²) >= 11 is 0. The van der Waals surface area contributed by atoms with Crippen LogP contribution in [0.3, 0.4) is 0 Å². The van der Waals surface area contributed by atoms with Gasteiger partial charge in [-0.1, -0.05) is 43.3 Å². The zero-order valence-electron chi connectivity index (χ0n) is 10.0. The number of aryl methyl sites for hydroxylation is 1. The van der Waals surface area contributed by atoms with Crippen molar-refractivity contribution in [3.63, 3.8) is 0 Å². The Bertz CT molecular complexity index is 454. The van der Waals surface area contributed by atoms with E-state index in [-0.39, 0.29) is 0 Å². The molecule has 2 aromatic rings. The van der Waals surface area contributed by atoms with Gasteiger partial charge >= 0.3 is 0 Å². The molecule has 1 heterocycles. The van der Waals surface area contributed by atoms with Crippen molar-refractivity contribution >= 4 is 0 Å². The molecule has 84 valence electrons. The fraction of sp³-hybridized carbons (Fsp3) is 0.357. The van der Waals surface area contributed by atoms with Gasteiger partial charge in [-0.25, -0.2) is 0 Å². The zero-order valence-corrected chi connectivity index (χ0v) is 10.0. The minimum Gasteiger partial charge on any atom is -0.356 e. The molecule has 0 aliphatic carbocycles. The third-order valence-corrected chi connectivity index (χ3v) is 2.51. The van der Waals surface area contributed by atoms with Crippen molar-refractivity contribution in [1.29, 1.82) is 0 Å². The Balaban J connectivity index is 2.19. The van der Waals surface area contributed by atoms with Crippen LogP contribution in [-0.4, -0.2) is 5.16 Å². The second kappa shape index (κ2) is 4.52. The van der Waals surface area contributed by atoms with Crippen LogP contribution >= 0.6 is 0 Å². The van der Waals surface area contributed by atoms with Crippen molar-refractivity contribution in [1.82, 2.24) is 5.16 Å². The molecule has 0 radical (unpaired) electrons. The third-order valence-electron chi connectivity index (χ3n) is 2.51. The van der Waals surface area contributed by atoms with E-state index in [0.29, 0.717) is 5.92 Å². The normalized spacial score (nSPS) is 11.0. The predicted molar refractivity (Wildman–Crippen MR) is 65.2 cm³/mol. The van der Waals surface area contributed by atoms with Gasteiger partial charge in [0.2, 0.25) is 0 Å². The van der Waals surface area contributed by atoms with Gasteiger partial charge in [0.15, 0.2) is 5.76 Å². The Morgan fingerprint density at radius 1 is 1.19 bits per heavy atom. The molecular formula is C14H17NO. The number of aromatic nitrogens is 1. The van der Waals surface area contributed by atoms with Crippen molar-refractivity contribution in [2.45, 2.75) is 27.2 Å². The van der Waals surface area contributed by atoms with Crippen LogP contribution in [0.15, 0.2) is 34.9 Å². The van der Waals surface area contributed by atoms with E-state index >= 15 is 0 Å². The van der Waals surface area contributed by atoms with E-state index in [1.807, 2.05) is 13.0 Å². The fourth-order valence-electron chi connectivity index (χ4n) is 1.78. The highest BCUT2D eigenvalue weighted by atomic mass is 16.5. The van der Waals surface area contributed by atoms with Crippen molar-refractivity contribution < 1.29 is 4.52 Å². The second-order valence-corrected chi connectivity index (χ2v) is 4.63. The highest BCUT2D eigenvalue weighted by Crippen LogP contribution is 2.21. The molecule has 2 rings (SSSR count). The Morgan fingerprint density at radius 2 is 1.88 bits per heavy atom. The Labute approximate surface area is 96.3 Å². The van der Waals surface area contributed by atoms with Gasteiger partial charge in [-0.2, -0.15) is 0 Å². The van der Waals surface area contributed by atoms with Crippen molar-refractivity contribution in [2.75, 3.05) is 0 Å². The molecule has 0 aliphatic rings. The number of nitrogens with zero attached hydrogens (tertiary/aromatic N) is 1. The minimum atomic E-state index is 0.693. The van der Waals surface area contributed by atoms with E-state index in [1.54, 1.807) is 0 Å². The van der Waals surface area contributed by atoms with Crippen molar-refractivity contribution in [2.24, 2.45) is 5.92 Å². The second-order valence-electron chi connectivity index (χ2n) is 4.63. The van der Waals surface area contributed by atoms with E-state index in [1.165, 1.54) is 5.56 Å². The summed E-state index contributed by atoms with van der Waals surface area (Å²) in [6, 6.07) is 10.5. The first-order valence-electron chi connectivity index (χ1n) is 5.68. The van der Waals surface area contributed by atoms with E-state index in [4.69, 9.17) is 4.52 Å². The summed E-state index contributed by atoms with van der Waals surface area (Å²) in [6.07, 6.45) is 1.12. The molecule has 0 amide bonds. The van der Waals surface area contributed by atoms with Gasteiger partial charge in [-0.05, 0) is 24.8 Å². The molecule has 0 atom stereocenters. The van der Waals surface area contributed by atoms with E-state index in [2.05, 4.69) is 43.3 Å². The van der Waals surface area contributed by atoms with Crippen LogP contribution in [-0.2, 0) is 6.42 Å². The summed E-state index contributed by atoms with van der Waals surface area (Å²) in [5, 5.41) is 3.89. The first kappa shape index (κ1) is 10.9. The Kier molecular flexibility index (Phi) is 3.09. The summed E-state index contributed by atoms with van der Waals surface area (Å²) in [5.41, 5.74) is 3.38. The first-order chi connectivity index (χ1) is 7.65. The summed E-state index contributed by atoms with van der Waals surface area (Å²) in [5.74, 6) is 1.53. The van der Waals surface area contributed by atoms with Gasteiger partial charge in [0.05, 0.1) is 5.69 Å². The maximum Gasteiger partial charge on any atom is 0.167 e. The highest BCUT2D eigenvalue weighted by Gasteiger charge is 2.04. The molecule has 2 heteroatoms. The molecular weight excluding hydrogens is 198 g/mol. The lowest BCUT2D eigenvalue weighted by atomic mass is 10.0. The molecule has 1 aromatic carbocycles. The number of rotatable bonds is 3. The molecule has 0 bridgehead atoms. The molecule has 16 heavy (non-hydrogen) atoms. The number of hydrogen-bond acceptors (Lipinski definition) is 2. The van der Waals surface area contributed by atoms with Crippen LogP contribution in [0.25, 0.3) is 11.3 Å². The van der Waals surface area contributed by atoms with E-state index in [9.17, 15) is 0 Å². The average molecular weight is 215 g/mol. The molecule has 0 spiro atoms. The topological polar surface area (TPSA) is 26.0 Å². The summed E-state index contributed by atoms with van der Waals surface area (Å²) in [7, 11) is 0. The fourth-order valence-corrected chi connectivity index (χ4v) is 1.78. The predicted octanol–water partition coefficient (Wildman–Crippen LogP) is 3.85. The van der Waals surface area contributed by atoms with Crippen LogP contribution in [0, 0.1) is 12.8 Å². The van der Waals surface area contributed by atoms with Crippen molar-refractivity contribution in [3.8, 4) is 11.3 Å². The highest BCUT2D eigenvalue weighted by molar-refractivity contribution is 5.57. The first-order valence-corrected chi connectivity index (χ1v) is 5.68. The van der Waals surface area contributed by atoms with Crippen LogP contribution in [0.2, 0.25) is 0 Å². The SMILES string of the molecule is Cc1cc(-c2ccc(CC(C)C)cc2)on1. The van der Waals surface area contributed by atoms with Gasteiger partial charge in [0.1, 0.15) is 0 Å². The molecule has 0 unspecified atom stereocenters.